The number of nitrogens with zero attached hydrogens (tertiary/aromatic N) is 1. The summed E-state index contributed by atoms with van der Waals surface area (Å²) in [6.45, 7) is 3.33. The quantitative estimate of drug-likeness (QED) is 0.862. The molecule has 1 atom stereocenters. The van der Waals surface area contributed by atoms with Gasteiger partial charge in [-0.05, 0) is 19.8 Å². The van der Waals surface area contributed by atoms with E-state index in [2.05, 4.69) is 10.3 Å². The molecule has 1 saturated heterocycles. The molecule has 1 unspecified atom stereocenters. The number of hydrogen-bond acceptors (Lipinski definition) is 4. The Hall–Kier alpha value is -0.940. The van der Waals surface area contributed by atoms with Gasteiger partial charge in [-0.1, -0.05) is 0 Å². The Balaban J connectivity index is 1.69. The molecule has 2 heterocycles. The maximum Gasteiger partial charge on any atom is 0.249 e. The first-order valence-electron chi connectivity index (χ1n) is 5.56. The summed E-state index contributed by atoms with van der Waals surface area (Å²) in [5.41, 5.74) is 1.05. The molecule has 0 radical (unpaired) electrons. The van der Waals surface area contributed by atoms with Crippen molar-refractivity contribution in [1.82, 2.24) is 10.3 Å². The number of amides is 1. The number of nitrogens with one attached hydrogen (secondary N) is 1. The summed E-state index contributed by atoms with van der Waals surface area (Å²) in [4.78, 5) is 15.9. The molecule has 1 aromatic rings. The molecular formula is C11H16N2O2S. The molecule has 0 aromatic carbocycles. The maximum atomic E-state index is 11.6. The predicted octanol–water partition coefficient (Wildman–Crippen LogP) is 1.29. The SMILES string of the molecule is Cc1csc(CCNC(=O)C2CCCO2)n1. The van der Waals surface area contributed by atoms with Crippen LogP contribution >= 0.6 is 11.3 Å². The lowest BCUT2D eigenvalue weighted by molar-refractivity contribution is -0.129. The summed E-state index contributed by atoms with van der Waals surface area (Å²) >= 11 is 1.64. The minimum Gasteiger partial charge on any atom is -0.368 e. The Morgan fingerprint density at radius 3 is 3.25 bits per heavy atom. The molecule has 1 aliphatic heterocycles. The van der Waals surface area contributed by atoms with E-state index in [0.717, 1.165) is 30.0 Å². The zero-order valence-electron chi connectivity index (χ0n) is 9.36. The Labute approximate surface area is 99.0 Å². The highest BCUT2D eigenvalue weighted by Gasteiger charge is 2.22. The van der Waals surface area contributed by atoms with Gasteiger partial charge in [-0.3, -0.25) is 4.79 Å². The predicted molar refractivity (Wildman–Crippen MR) is 62.5 cm³/mol. The highest BCUT2D eigenvalue weighted by Crippen LogP contribution is 2.12. The van der Waals surface area contributed by atoms with Crippen molar-refractivity contribution in [2.75, 3.05) is 13.2 Å². The summed E-state index contributed by atoms with van der Waals surface area (Å²) in [5.74, 6) is 0.0192. The summed E-state index contributed by atoms with van der Waals surface area (Å²) in [6, 6.07) is 0. The highest BCUT2D eigenvalue weighted by atomic mass is 32.1. The van der Waals surface area contributed by atoms with Crippen LogP contribution in [0.5, 0.6) is 0 Å². The van der Waals surface area contributed by atoms with E-state index in [0.29, 0.717) is 13.2 Å². The van der Waals surface area contributed by atoms with Crippen LogP contribution in [0.25, 0.3) is 0 Å². The number of hydrogen-bond donors (Lipinski definition) is 1. The van der Waals surface area contributed by atoms with Gasteiger partial charge in [0.1, 0.15) is 6.10 Å². The van der Waals surface area contributed by atoms with Crippen molar-refractivity contribution in [2.45, 2.75) is 32.3 Å². The number of carbonyl (C=O) groups excluding carboxylic acids is 1. The Kier molecular flexibility index (Phi) is 3.90. The molecule has 1 fully saturated rings. The van der Waals surface area contributed by atoms with Crippen molar-refractivity contribution in [3.8, 4) is 0 Å². The van der Waals surface area contributed by atoms with Crippen molar-refractivity contribution in [1.29, 1.82) is 0 Å². The van der Waals surface area contributed by atoms with E-state index in [-0.39, 0.29) is 12.0 Å². The first-order chi connectivity index (χ1) is 7.75. The Bertz CT molecular complexity index is 359. The van der Waals surface area contributed by atoms with Gasteiger partial charge in [-0.2, -0.15) is 0 Å². The zero-order chi connectivity index (χ0) is 11.4. The fourth-order valence-corrected chi connectivity index (χ4v) is 2.48. The average molecular weight is 240 g/mol. The van der Waals surface area contributed by atoms with Crippen LogP contribution in [0.15, 0.2) is 5.38 Å². The van der Waals surface area contributed by atoms with Gasteiger partial charge < -0.3 is 10.1 Å². The molecule has 88 valence electrons. The molecule has 1 amide bonds. The van der Waals surface area contributed by atoms with Crippen molar-refractivity contribution >= 4 is 17.2 Å². The fourth-order valence-electron chi connectivity index (χ4n) is 1.71. The second-order valence-corrected chi connectivity index (χ2v) is 4.87. The summed E-state index contributed by atoms with van der Waals surface area (Å²) in [7, 11) is 0. The maximum absolute atomic E-state index is 11.6. The molecule has 5 heteroatoms. The molecule has 1 aromatic heterocycles. The van der Waals surface area contributed by atoms with Crippen LogP contribution in [-0.4, -0.2) is 30.1 Å². The van der Waals surface area contributed by atoms with E-state index >= 15 is 0 Å². The van der Waals surface area contributed by atoms with Gasteiger partial charge in [0.15, 0.2) is 0 Å². The topological polar surface area (TPSA) is 51.2 Å². The van der Waals surface area contributed by atoms with Gasteiger partial charge in [0, 0.05) is 30.6 Å². The molecule has 4 nitrogen and oxygen atoms in total. The van der Waals surface area contributed by atoms with E-state index in [1.54, 1.807) is 11.3 Å². The van der Waals surface area contributed by atoms with Gasteiger partial charge in [0.05, 0.1) is 5.01 Å². The number of rotatable bonds is 4. The lowest BCUT2D eigenvalue weighted by Gasteiger charge is -2.09. The minimum atomic E-state index is -0.224. The molecule has 0 spiro atoms. The molecule has 1 N–H and O–H groups in total. The first kappa shape index (κ1) is 11.5. The third-order valence-corrected chi connectivity index (χ3v) is 3.55. The van der Waals surface area contributed by atoms with Crippen LogP contribution in [0.1, 0.15) is 23.5 Å². The highest BCUT2D eigenvalue weighted by molar-refractivity contribution is 7.09. The van der Waals surface area contributed by atoms with E-state index in [1.807, 2.05) is 12.3 Å². The van der Waals surface area contributed by atoms with E-state index < -0.39 is 0 Å². The van der Waals surface area contributed by atoms with Crippen LogP contribution < -0.4 is 5.32 Å². The summed E-state index contributed by atoms with van der Waals surface area (Å²) in [5, 5.41) is 5.98. The first-order valence-corrected chi connectivity index (χ1v) is 6.44. The summed E-state index contributed by atoms with van der Waals surface area (Å²) < 4.78 is 5.30. The average Bonchev–Trinajstić information content (AvgIpc) is 2.89. The Morgan fingerprint density at radius 2 is 2.62 bits per heavy atom. The van der Waals surface area contributed by atoms with Crippen LogP contribution in [0.3, 0.4) is 0 Å². The number of aryl methyl sites for hydroxylation is 1. The fraction of sp³-hybridized carbons (Fsp3) is 0.636. The van der Waals surface area contributed by atoms with Gasteiger partial charge in [0.2, 0.25) is 5.91 Å². The number of carbonyl (C=O) groups is 1. The molecular weight excluding hydrogens is 224 g/mol. The van der Waals surface area contributed by atoms with E-state index in [1.165, 1.54) is 0 Å². The second kappa shape index (κ2) is 5.41. The van der Waals surface area contributed by atoms with Crippen LogP contribution in [0.4, 0.5) is 0 Å². The van der Waals surface area contributed by atoms with E-state index in [9.17, 15) is 4.79 Å². The standard InChI is InChI=1S/C11H16N2O2S/c1-8-7-16-10(13-8)4-5-12-11(14)9-3-2-6-15-9/h7,9H,2-6H2,1H3,(H,12,14). The molecule has 2 rings (SSSR count). The lowest BCUT2D eigenvalue weighted by Crippen LogP contribution is -2.35. The van der Waals surface area contributed by atoms with Crippen molar-refractivity contribution < 1.29 is 9.53 Å². The molecule has 1 aliphatic rings. The summed E-state index contributed by atoms with van der Waals surface area (Å²) in [6.07, 6.45) is 2.42. The number of thiazole rings is 1. The third-order valence-electron chi connectivity index (χ3n) is 2.53. The van der Waals surface area contributed by atoms with Crippen molar-refractivity contribution in [3.63, 3.8) is 0 Å². The van der Waals surface area contributed by atoms with Gasteiger partial charge in [0.25, 0.3) is 0 Å². The van der Waals surface area contributed by atoms with Crippen LogP contribution in [0, 0.1) is 6.92 Å². The molecule has 16 heavy (non-hydrogen) atoms. The van der Waals surface area contributed by atoms with Crippen molar-refractivity contribution in [2.24, 2.45) is 0 Å². The molecule has 0 aliphatic carbocycles. The zero-order valence-corrected chi connectivity index (χ0v) is 10.2. The van der Waals surface area contributed by atoms with Crippen LogP contribution in [0.2, 0.25) is 0 Å². The minimum absolute atomic E-state index is 0.0192. The largest absolute Gasteiger partial charge is 0.368 e. The third kappa shape index (κ3) is 3.02. The lowest BCUT2D eigenvalue weighted by atomic mass is 10.2. The number of aromatic nitrogens is 1. The van der Waals surface area contributed by atoms with E-state index in [4.69, 9.17) is 4.74 Å². The Morgan fingerprint density at radius 1 is 1.75 bits per heavy atom. The smallest absolute Gasteiger partial charge is 0.249 e. The molecule has 0 saturated carbocycles. The molecule has 0 bridgehead atoms. The normalized spacial score (nSPS) is 19.9. The van der Waals surface area contributed by atoms with Crippen molar-refractivity contribution in [3.05, 3.63) is 16.1 Å². The number of ether oxygens (including phenoxy) is 1. The second-order valence-electron chi connectivity index (χ2n) is 3.93. The van der Waals surface area contributed by atoms with Gasteiger partial charge >= 0.3 is 0 Å². The van der Waals surface area contributed by atoms with Crippen LogP contribution in [-0.2, 0) is 16.0 Å². The van der Waals surface area contributed by atoms with Gasteiger partial charge in [-0.25, -0.2) is 4.98 Å². The van der Waals surface area contributed by atoms with Gasteiger partial charge in [-0.15, -0.1) is 11.3 Å². The monoisotopic (exact) mass is 240 g/mol.